The Morgan fingerprint density at radius 1 is 0.511 bits per heavy atom. The highest BCUT2D eigenvalue weighted by molar-refractivity contribution is 6.30. The van der Waals surface area contributed by atoms with Gasteiger partial charge in [0.15, 0.2) is 0 Å². The maximum absolute atomic E-state index is 9.63. The summed E-state index contributed by atoms with van der Waals surface area (Å²) in [6.07, 6.45) is 0. The summed E-state index contributed by atoms with van der Waals surface area (Å²) in [6, 6.07) is 39.6. The molecule has 0 radical (unpaired) electrons. The first-order valence-corrected chi connectivity index (χ1v) is 14.8. The summed E-state index contributed by atoms with van der Waals surface area (Å²) in [4.78, 5) is 7.56. The van der Waals surface area contributed by atoms with Crippen LogP contribution in [0.25, 0.3) is 86.6 Å². The van der Waals surface area contributed by atoms with Crippen molar-refractivity contribution in [1.29, 1.82) is 10.5 Å². The molecule has 3 aromatic heterocycles. The molecule has 0 fully saturated rings. The molecule has 9 rings (SSSR count). The Morgan fingerprint density at radius 3 is 1.77 bits per heavy atom. The molecule has 0 bridgehead atoms. The monoisotopic (exact) mass is 598 g/mol. The van der Waals surface area contributed by atoms with Gasteiger partial charge in [0.2, 0.25) is 11.4 Å². The van der Waals surface area contributed by atoms with Crippen molar-refractivity contribution in [3.8, 4) is 23.5 Å². The molecule has 9 aromatic rings. The summed E-state index contributed by atoms with van der Waals surface area (Å²) >= 11 is 0. The van der Waals surface area contributed by atoms with Crippen LogP contribution in [0.15, 0.2) is 114 Å². The van der Waals surface area contributed by atoms with E-state index in [1.807, 2.05) is 78.9 Å². The van der Waals surface area contributed by atoms with Gasteiger partial charge in [-0.1, -0.05) is 42.5 Å². The number of fused-ring (bicyclic) bond motifs is 10. The van der Waals surface area contributed by atoms with E-state index >= 15 is 0 Å². The molecule has 7 nitrogen and oxygen atoms in total. The molecule has 3 heterocycles. The maximum atomic E-state index is 9.63. The van der Waals surface area contributed by atoms with E-state index < -0.39 is 0 Å². The van der Waals surface area contributed by atoms with Crippen molar-refractivity contribution in [3.05, 3.63) is 143 Å². The largest absolute Gasteiger partial charge is 0.478 e. The first kappa shape index (κ1) is 26.1. The normalized spacial score (nSPS) is 11.3. The lowest BCUT2D eigenvalue weighted by molar-refractivity contribution is 0.673. The second kappa shape index (κ2) is 9.59. The molecule has 0 aliphatic rings. The van der Waals surface area contributed by atoms with Crippen molar-refractivity contribution in [2.45, 2.75) is 0 Å². The number of para-hydroxylation sites is 2. The predicted octanol–water partition coefficient (Wildman–Crippen LogP) is 10.6. The van der Waals surface area contributed by atoms with E-state index in [9.17, 15) is 10.5 Å². The zero-order valence-corrected chi connectivity index (χ0v) is 24.5. The Labute approximate surface area is 267 Å². The van der Waals surface area contributed by atoms with E-state index in [0.717, 1.165) is 65.8 Å². The van der Waals surface area contributed by atoms with Gasteiger partial charge in [0, 0.05) is 49.2 Å². The number of aromatic nitrogens is 2. The number of furan rings is 1. The number of nitrogens with zero attached hydrogens (tertiary/aromatic N) is 6. The summed E-state index contributed by atoms with van der Waals surface area (Å²) in [5.74, 6) is 0. The molecule has 0 unspecified atom stereocenters. The third kappa shape index (κ3) is 3.51. The molecule has 0 saturated heterocycles. The van der Waals surface area contributed by atoms with E-state index in [0.29, 0.717) is 33.7 Å². The van der Waals surface area contributed by atoms with Gasteiger partial charge in [0.05, 0.1) is 53.0 Å². The van der Waals surface area contributed by atoms with Crippen LogP contribution in [-0.2, 0) is 0 Å². The summed E-state index contributed by atoms with van der Waals surface area (Å²) < 4.78 is 10.6. The van der Waals surface area contributed by atoms with Crippen LogP contribution < -0.4 is 0 Å². The third-order valence-electron chi connectivity index (χ3n) is 8.97. The van der Waals surface area contributed by atoms with Gasteiger partial charge in [-0.2, -0.15) is 10.5 Å². The Bertz CT molecular complexity index is 2950. The minimum atomic E-state index is 0.379. The molecular weight excluding hydrogens is 580 g/mol. The van der Waals surface area contributed by atoms with Crippen LogP contribution in [0.1, 0.15) is 11.1 Å². The summed E-state index contributed by atoms with van der Waals surface area (Å²) in [5, 5.41) is 24.7. The fourth-order valence-corrected chi connectivity index (χ4v) is 7.05. The quantitative estimate of drug-likeness (QED) is 0.186. The zero-order chi connectivity index (χ0) is 31.8. The van der Waals surface area contributed by atoms with Gasteiger partial charge < -0.3 is 13.6 Å². The van der Waals surface area contributed by atoms with Gasteiger partial charge in [0.1, 0.15) is 11.2 Å². The van der Waals surface area contributed by atoms with Crippen LogP contribution in [0, 0.1) is 35.8 Å². The van der Waals surface area contributed by atoms with Crippen LogP contribution >= 0.6 is 0 Å². The molecule has 47 heavy (non-hydrogen) atoms. The van der Waals surface area contributed by atoms with Crippen molar-refractivity contribution < 1.29 is 4.42 Å². The van der Waals surface area contributed by atoms with Gasteiger partial charge in [-0.05, 0) is 66.7 Å². The van der Waals surface area contributed by atoms with Gasteiger partial charge in [0.25, 0.3) is 0 Å². The van der Waals surface area contributed by atoms with Gasteiger partial charge in [-0.15, -0.1) is 0 Å². The summed E-state index contributed by atoms with van der Waals surface area (Å²) in [5.41, 5.74) is 8.34. The zero-order valence-electron chi connectivity index (χ0n) is 24.5. The van der Waals surface area contributed by atoms with Crippen molar-refractivity contribution in [3.63, 3.8) is 0 Å². The molecule has 0 saturated carbocycles. The molecule has 214 valence electrons. The van der Waals surface area contributed by atoms with Gasteiger partial charge in [-0.3, -0.25) is 0 Å². The molecule has 0 aliphatic heterocycles. The fourth-order valence-electron chi connectivity index (χ4n) is 7.05. The average molecular weight is 599 g/mol. The molecule has 6 aromatic carbocycles. The fraction of sp³-hybridized carbons (Fsp3) is 0. The smallest absolute Gasteiger partial charge is 0.231 e. The van der Waals surface area contributed by atoms with Crippen LogP contribution in [0.5, 0.6) is 0 Å². The molecule has 0 N–H and O–H groups in total. The van der Waals surface area contributed by atoms with Crippen LogP contribution in [0.3, 0.4) is 0 Å². The van der Waals surface area contributed by atoms with E-state index in [1.54, 1.807) is 6.07 Å². The lowest BCUT2D eigenvalue weighted by Crippen LogP contribution is -1.98. The lowest BCUT2D eigenvalue weighted by Gasteiger charge is -2.13. The van der Waals surface area contributed by atoms with E-state index in [1.165, 1.54) is 0 Å². The Balaban J connectivity index is 1.38. The molecule has 7 heteroatoms. The first-order chi connectivity index (χ1) is 23.1. The molecule has 0 aliphatic carbocycles. The molecule has 0 atom stereocenters. The maximum Gasteiger partial charge on any atom is 0.231 e. The molecule has 0 spiro atoms. The summed E-state index contributed by atoms with van der Waals surface area (Å²) in [7, 11) is 0. The molecular formula is C40H18N6O. The van der Waals surface area contributed by atoms with Crippen molar-refractivity contribution in [2.75, 3.05) is 0 Å². The van der Waals surface area contributed by atoms with E-state index in [4.69, 9.17) is 17.6 Å². The second-order valence-electron chi connectivity index (χ2n) is 11.4. The van der Waals surface area contributed by atoms with E-state index in [-0.39, 0.29) is 0 Å². The number of hydrogen-bond acceptors (Lipinski definition) is 3. The van der Waals surface area contributed by atoms with E-state index in [2.05, 4.69) is 55.2 Å². The van der Waals surface area contributed by atoms with Crippen LogP contribution in [0.2, 0.25) is 0 Å². The second-order valence-corrected chi connectivity index (χ2v) is 11.4. The SMILES string of the molecule is [C-]#[N+]c1cccc2c1oc1c([N+]#[C-])cc3c(c4ccccc4n3-c3cccc(-n4c5ccc(C#N)cc5c5cc(C#N)ccc54)c3)c12. The minimum absolute atomic E-state index is 0.379. The standard InChI is InChI=1S/C40H18N6O/c1-43-31-11-6-10-28-38-37-27-9-3-4-12-33(27)46(36(37)20-32(44-2)40(38)47-39(28)31)26-8-5-7-25(19-26)45-34-15-13-23(21-41)17-29(34)30-18-24(22-42)14-16-35(30)45/h3-20H. The predicted molar refractivity (Wildman–Crippen MR) is 184 cm³/mol. The Kier molecular flexibility index (Phi) is 5.33. The van der Waals surface area contributed by atoms with Crippen LogP contribution in [0.4, 0.5) is 11.4 Å². The number of hydrogen-bond donors (Lipinski definition) is 0. The highest BCUT2D eigenvalue weighted by Gasteiger charge is 2.23. The van der Waals surface area contributed by atoms with Crippen LogP contribution in [-0.4, -0.2) is 9.13 Å². The third-order valence-corrected chi connectivity index (χ3v) is 8.97. The van der Waals surface area contributed by atoms with Gasteiger partial charge >= 0.3 is 0 Å². The number of nitriles is 2. The summed E-state index contributed by atoms with van der Waals surface area (Å²) in [6.45, 7) is 15.8. The topological polar surface area (TPSA) is 79.3 Å². The Hall–Kier alpha value is -7.32. The highest BCUT2D eigenvalue weighted by atomic mass is 16.3. The lowest BCUT2D eigenvalue weighted by atomic mass is 10.0. The van der Waals surface area contributed by atoms with Crippen molar-refractivity contribution in [2.24, 2.45) is 0 Å². The van der Waals surface area contributed by atoms with Crippen molar-refractivity contribution >= 4 is 76.9 Å². The molecule has 0 amide bonds. The first-order valence-electron chi connectivity index (χ1n) is 14.8. The number of rotatable bonds is 2. The highest BCUT2D eigenvalue weighted by Crippen LogP contribution is 2.47. The number of benzene rings is 6. The Morgan fingerprint density at radius 2 is 1.11 bits per heavy atom. The average Bonchev–Trinajstić information content (AvgIpc) is 3.78. The van der Waals surface area contributed by atoms with Crippen molar-refractivity contribution in [1.82, 2.24) is 9.13 Å². The minimum Gasteiger partial charge on any atom is -0.478 e. The van der Waals surface area contributed by atoms with Gasteiger partial charge in [-0.25, -0.2) is 9.69 Å².